The largest absolute Gasteiger partial charge is 0.507 e. The number of anilines is 1. The zero-order valence-electron chi connectivity index (χ0n) is 20.8. The van der Waals surface area contributed by atoms with Crippen LogP contribution in [-0.4, -0.2) is 89.3 Å². The number of aromatic nitrogens is 1. The third-order valence-electron chi connectivity index (χ3n) is 7.98. The molecule has 1 spiro atoms. The van der Waals surface area contributed by atoms with Crippen molar-refractivity contribution in [1.82, 2.24) is 14.8 Å². The Labute approximate surface area is 224 Å². The highest BCUT2D eigenvalue weighted by molar-refractivity contribution is 6.35. The number of rotatable bonds is 3. The van der Waals surface area contributed by atoms with E-state index in [9.17, 15) is 14.7 Å². The molecular formula is C27H28ClFN4O5. The number of amides is 2. The summed E-state index contributed by atoms with van der Waals surface area (Å²) in [5, 5.41) is 10.5. The van der Waals surface area contributed by atoms with E-state index in [2.05, 4.69) is 6.58 Å². The molecule has 11 heteroatoms. The third-order valence-corrected chi connectivity index (χ3v) is 8.33. The quantitative estimate of drug-likeness (QED) is 0.595. The maximum atomic E-state index is 15.0. The summed E-state index contributed by atoms with van der Waals surface area (Å²) in [5.41, 5.74) is -0.257. The number of carbonyl (C=O) groups is 2. The molecule has 3 aliphatic heterocycles. The van der Waals surface area contributed by atoms with Crippen LogP contribution in [0.5, 0.6) is 11.5 Å². The molecule has 0 bridgehead atoms. The molecule has 2 amide bonds. The summed E-state index contributed by atoms with van der Waals surface area (Å²) in [6.45, 7) is 6.06. The first-order valence-corrected chi connectivity index (χ1v) is 13.1. The number of hydrogen-bond acceptors (Lipinski definition) is 7. The molecule has 0 radical (unpaired) electrons. The number of phenolic OH excluding ortho intramolecular Hbond substituents is 1. The minimum absolute atomic E-state index is 0.00121. The van der Waals surface area contributed by atoms with Crippen molar-refractivity contribution in [3.8, 4) is 22.8 Å². The van der Waals surface area contributed by atoms with Crippen LogP contribution < -0.4 is 9.64 Å². The predicted octanol–water partition coefficient (Wildman–Crippen LogP) is 3.24. The Hall–Kier alpha value is -3.37. The molecule has 1 aromatic heterocycles. The van der Waals surface area contributed by atoms with Gasteiger partial charge in [0.2, 0.25) is 5.91 Å². The topological polar surface area (TPSA) is 95.4 Å². The number of morpholine rings is 1. The van der Waals surface area contributed by atoms with Gasteiger partial charge in [0.1, 0.15) is 40.3 Å². The van der Waals surface area contributed by atoms with Gasteiger partial charge in [0.05, 0.1) is 23.8 Å². The van der Waals surface area contributed by atoms with Crippen LogP contribution >= 0.6 is 11.6 Å². The highest BCUT2D eigenvalue weighted by Crippen LogP contribution is 2.47. The average Bonchev–Trinajstić information content (AvgIpc) is 3.05. The molecule has 2 aromatic rings. The number of piperazine rings is 1. The second-order valence-electron chi connectivity index (χ2n) is 10.2. The van der Waals surface area contributed by atoms with Crippen LogP contribution in [0.4, 0.5) is 10.2 Å². The monoisotopic (exact) mass is 542 g/mol. The van der Waals surface area contributed by atoms with Crippen LogP contribution in [0.25, 0.3) is 11.3 Å². The molecule has 1 saturated carbocycles. The fraction of sp³-hybridized carbons (Fsp3) is 0.444. The third kappa shape index (κ3) is 3.97. The molecule has 1 aliphatic carbocycles. The molecule has 4 aliphatic rings. The first kappa shape index (κ1) is 24.9. The van der Waals surface area contributed by atoms with E-state index in [0.717, 1.165) is 19.3 Å². The number of pyridine rings is 1. The molecule has 1 N–H and O–H groups in total. The summed E-state index contributed by atoms with van der Waals surface area (Å²) in [5.74, 6) is -1.11. The number of hydrogen-bond donors (Lipinski definition) is 1. The zero-order valence-corrected chi connectivity index (χ0v) is 21.5. The number of aromatic hydroxyl groups is 1. The van der Waals surface area contributed by atoms with Gasteiger partial charge in [-0.3, -0.25) is 9.59 Å². The SMILES string of the molecule is C=CC(=O)N1CCN2C(=O)c3c(N4CCOC5(CCC5)C4)nc(-c4c(O)cccc4F)c(Cl)c3OC[C@H]2C1. The van der Waals surface area contributed by atoms with Gasteiger partial charge in [-0.2, -0.15) is 0 Å². The molecule has 9 nitrogen and oxygen atoms in total. The summed E-state index contributed by atoms with van der Waals surface area (Å²) in [4.78, 5) is 36.4. The Bertz CT molecular complexity index is 1310. The second kappa shape index (κ2) is 9.43. The first-order chi connectivity index (χ1) is 18.3. The normalized spacial score (nSPS) is 22.2. The van der Waals surface area contributed by atoms with Crippen molar-refractivity contribution in [2.75, 3.05) is 50.8 Å². The van der Waals surface area contributed by atoms with Crippen molar-refractivity contribution in [2.45, 2.75) is 30.9 Å². The molecule has 3 fully saturated rings. The van der Waals surface area contributed by atoms with Crippen molar-refractivity contribution in [3.63, 3.8) is 0 Å². The molecule has 6 rings (SSSR count). The second-order valence-corrected chi connectivity index (χ2v) is 10.6. The first-order valence-electron chi connectivity index (χ1n) is 12.8. The summed E-state index contributed by atoms with van der Waals surface area (Å²) in [6.07, 6.45) is 4.13. The molecule has 38 heavy (non-hydrogen) atoms. The van der Waals surface area contributed by atoms with E-state index in [4.69, 9.17) is 26.1 Å². The number of halogens is 2. The van der Waals surface area contributed by atoms with Crippen molar-refractivity contribution < 1.29 is 28.6 Å². The van der Waals surface area contributed by atoms with Gasteiger partial charge in [0, 0.05) is 32.7 Å². The predicted molar refractivity (Wildman–Crippen MR) is 138 cm³/mol. The molecule has 4 heterocycles. The molecule has 200 valence electrons. The molecule has 2 saturated heterocycles. The number of ether oxygens (including phenoxy) is 2. The lowest BCUT2D eigenvalue weighted by Crippen LogP contribution is -2.58. The van der Waals surface area contributed by atoms with Gasteiger partial charge in [-0.15, -0.1) is 0 Å². The lowest BCUT2D eigenvalue weighted by atomic mass is 9.79. The lowest BCUT2D eigenvalue weighted by molar-refractivity contribution is -0.128. The minimum Gasteiger partial charge on any atom is -0.507 e. The molecule has 1 atom stereocenters. The number of fused-ring (bicyclic) bond motifs is 2. The Morgan fingerprint density at radius 3 is 2.79 bits per heavy atom. The van der Waals surface area contributed by atoms with Gasteiger partial charge in [-0.25, -0.2) is 9.37 Å². The summed E-state index contributed by atoms with van der Waals surface area (Å²) >= 11 is 6.79. The Kier molecular flexibility index (Phi) is 6.19. The van der Waals surface area contributed by atoms with Crippen LogP contribution in [0, 0.1) is 5.82 Å². The zero-order chi connectivity index (χ0) is 26.6. The van der Waals surface area contributed by atoms with Crippen LogP contribution in [0.15, 0.2) is 30.9 Å². The van der Waals surface area contributed by atoms with E-state index in [1.807, 2.05) is 4.90 Å². The van der Waals surface area contributed by atoms with Crippen LogP contribution in [-0.2, 0) is 9.53 Å². The van der Waals surface area contributed by atoms with E-state index in [0.29, 0.717) is 38.6 Å². The van der Waals surface area contributed by atoms with Gasteiger partial charge in [0.15, 0.2) is 5.75 Å². The van der Waals surface area contributed by atoms with Gasteiger partial charge in [-0.1, -0.05) is 24.2 Å². The average molecular weight is 543 g/mol. The van der Waals surface area contributed by atoms with Crippen LogP contribution in [0.2, 0.25) is 5.02 Å². The van der Waals surface area contributed by atoms with E-state index in [1.165, 1.54) is 24.3 Å². The summed E-state index contributed by atoms with van der Waals surface area (Å²) < 4.78 is 27.3. The minimum atomic E-state index is -0.696. The standard InChI is InChI=1S/C27H28ClFN4O5/c1-2-19(35)31-9-10-33-16(13-31)14-37-24-21(26(33)36)25(32-11-12-38-27(15-32)7-4-8-27)30-23(22(24)28)20-17(29)5-3-6-18(20)34/h2-3,5-6,16,34H,1,4,7-15H2/t16-/m1/s1. The van der Waals surface area contributed by atoms with E-state index < -0.39 is 11.9 Å². The maximum Gasteiger partial charge on any atom is 0.261 e. The molecule has 0 unspecified atom stereocenters. The van der Waals surface area contributed by atoms with Gasteiger partial charge in [-0.05, 0) is 37.5 Å². The van der Waals surface area contributed by atoms with Crippen molar-refractivity contribution in [3.05, 3.63) is 47.3 Å². The summed E-state index contributed by atoms with van der Waals surface area (Å²) in [6, 6.07) is 3.55. The smallest absolute Gasteiger partial charge is 0.261 e. The lowest BCUT2D eigenvalue weighted by Gasteiger charge is -2.49. The van der Waals surface area contributed by atoms with Crippen LogP contribution in [0.1, 0.15) is 29.6 Å². The number of nitrogens with zero attached hydrogens (tertiary/aromatic N) is 4. The van der Waals surface area contributed by atoms with Crippen molar-refractivity contribution in [1.29, 1.82) is 0 Å². The highest BCUT2D eigenvalue weighted by atomic mass is 35.5. The van der Waals surface area contributed by atoms with Crippen LogP contribution in [0.3, 0.4) is 0 Å². The summed E-state index contributed by atoms with van der Waals surface area (Å²) in [7, 11) is 0. The van der Waals surface area contributed by atoms with Gasteiger partial charge >= 0.3 is 0 Å². The molecule has 1 aromatic carbocycles. The fourth-order valence-corrected chi connectivity index (χ4v) is 6.10. The maximum absolute atomic E-state index is 15.0. The van der Waals surface area contributed by atoms with E-state index in [-0.39, 0.29) is 63.9 Å². The van der Waals surface area contributed by atoms with Gasteiger partial charge in [0.25, 0.3) is 5.91 Å². The molecular weight excluding hydrogens is 515 g/mol. The highest BCUT2D eigenvalue weighted by Gasteiger charge is 2.45. The van der Waals surface area contributed by atoms with Crippen molar-refractivity contribution in [2.24, 2.45) is 0 Å². The number of carbonyl (C=O) groups excluding carboxylic acids is 2. The van der Waals surface area contributed by atoms with E-state index >= 15 is 4.39 Å². The van der Waals surface area contributed by atoms with E-state index in [1.54, 1.807) is 9.80 Å². The Balaban J connectivity index is 1.49. The van der Waals surface area contributed by atoms with Crippen molar-refractivity contribution >= 4 is 29.2 Å². The number of benzene rings is 1. The Morgan fingerprint density at radius 2 is 2.08 bits per heavy atom. The fourth-order valence-electron chi connectivity index (χ4n) is 5.82. The van der Waals surface area contributed by atoms with Gasteiger partial charge < -0.3 is 29.3 Å². The Morgan fingerprint density at radius 1 is 1.26 bits per heavy atom. The number of phenols is 1.